The number of anilines is 1. The predicted octanol–water partition coefficient (Wildman–Crippen LogP) is 1.14. The number of nitrogens with zero attached hydrogens (tertiary/aromatic N) is 2. The van der Waals surface area contributed by atoms with Crippen molar-refractivity contribution in [2.75, 3.05) is 5.32 Å². The number of amides is 1. The van der Waals surface area contributed by atoms with Gasteiger partial charge in [0.25, 0.3) is 5.91 Å². The van der Waals surface area contributed by atoms with Crippen molar-refractivity contribution in [3.8, 4) is 11.5 Å². The lowest BCUT2D eigenvalue weighted by molar-refractivity contribution is 0.102. The van der Waals surface area contributed by atoms with Crippen LogP contribution < -0.4 is 5.32 Å². The van der Waals surface area contributed by atoms with Crippen LogP contribution in [0.25, 0.3) is 0 Å². The Hall–Kier alpha value is -2.63. The third-order valence-corrected chi connectivity index (χ3v) is 1.98. The van der Waals surface area contributed by atoms with Crippen LogP contribution in [0.2, 0.25) is 0 Å². The third kappa shape index (κ3) is 2.69. The maximum absolute atomic E-state index is 11.7. The predicted molar refractivity (Wildman–Crippen MR) is 59.8 cm³/mol. The van der Waals surface area contributed by atoms with Crippen LogP contribution in [0.5, 0.6) is 11.5 Å². The van der Waals surface area contributed by atoms with E-state index in [2.05, 4.69) is 15.3 Å². The first kappa shape index (κ1) is 10.9. The first-order valence-electron chi connectivity index (χ1n) is 4.74. The maximum atomic E-state index is 11.7. The van der Waals surface area contributed by atoms with E-state index < -0.39 is 5.91 Å². The summed E-state index contributed by atoms with van der Waals surface area (Å²) in [5, 5.41) is 21.0. The molecule has 3 N–H and O–H groups in total. The minimum Gasteiger partial charge on any atom is -0.508 e. The number of phenols is 2. The molecule has 0 spiro atoms. The number of carbonyl (C=O) groups excluding carboxylic acids is 1. The highest BCUT2D eigenvalue weighted by atomic mass is 16.3. The Labute approximate surface area is 96.6 Å². The summed E-state index contributed by atoms with van der Waals surface area (Å²) >= 11 is 0. The van der Waals surface area contributed by atoms with Crippen molar-refractivity contribution in [1.82, 2.24) is 9.97 Å². The van der Waals surface area contributed by atoms with Crippen LogP contribution in [-0.2, 0) is 0 Å². The van der Waals surface area contributed by atoms with Crippen molar-refractivity contribution >= 4 is 11.6 Å². The van der Waals surface area contributed by atoms with Crippen LogP contribution in [0.1, 0.15) is 10.4 Å². The minimum absolute atomic E-state index is 0.145. The van der Waals surface area contributed by atoms with Crippen LogP contribution in [0.15, 0.2) is 36.9 Å². The van der Waals surface area contributed by atoms with Gasteiger partial charge in [-0.25, -0.2) is 9.97 Å². The Kier molecular flexibility index (Phi) is 2.87. The van der Waals surface area contributed by atoms with Crippen molar-refractivity contribution in [3.63, 3.8) is 0 Å². The lowest BCUT2D eigenvalue weighted by Gasteiger charge is -2.05. The van der Waals surface area contributed by atoms with Crippen LogP contribution in [-0.4, -0.2) is 26.1 Å². The zero-order valence-electron chi connectivity index (χ0n) is 8.66. The fourth-order valence-electron chi connectivity index (χ4n) is 1.29. The monoisotopic (exact) mass is 231 g/mol. The number of aromatic nitrogens is 2. The Bertz CT molecular complexity index is 523. The molecule has 0 aliphatic rings. The highest BCUT2D eigenvalue weighted by molar-refractivity contribution is 6.04. The molecule has 1 amide bonds. The van der Waals surface area contributed by atoms with Gasteiger partial charge in [0.2, 0.25) is 0 Å². The van der Waals surface area contributed by atoms with Crippen molar-refractivity contribution in [2.24, 2.45) is 0 Å². The molecule has 0 radical (unpaired) electrons. The van der Waals surface area contributed by atoms with Crippen LogP contribution in [0, 0.1) is 0 Å². The molecule has 0 unspecified atom stereocenters. The quantitative estimate of drug-likeness (QED) is 0.720. The topological polar surface area (TPSA) is 95.3 Å². The van der Waals surface area contributed by atoms with Gasteiger partial charge in [0.05, 0.1) is 18.1 Å². The van der Waals surface area contributed by atoms with Gasteiger partial charge in [0.15, 0.2) is 0 Å². The van der Waals surface area contributed by atoms with E-state index >= 15 is 0 Å². The standard InChI is InChI=1S/C11H9N3O3/c15-9-1-7(2-10(16)3-9)11(17)14-8-4-12-6-13-5-8/h1-6,15-16H,(H,14,17). The maximum Gasteiger partial charge on any atom is 0.256 e. The van der Waals surface area contributed by atoms with E-state index in [0.29, 0.717) is 5.69 Å². The van der Waals surface area contributed by atoms with Gasteiger partial charge in [-0.15, -0.1) is 0 Å². The normalized spacial score (nSPS) is 9.88. The van der Waals surface area contributed by atoms with Gasteiger partial charge >= 0.3 is 0 Å². The summed E-state index contributed by atoms with van der Waals surface area (Å²) in [7, 11) is 0. The SMILES string of the molecule is O=C(Nc1cncnc1)c1cc(O)cc(O)c1. The minimum atomic E-state index is -0.467. The smallest absolute Gasteiger partial charge is 0.256 e. The molecular weight excluding hydrogens is 222 g/mol. The van der Waals surface area contributed by atoms with Crippen LogP contribution in [0.3, 0.4) is 0 Å². The molecule has 0 saturated heterocycles. The van der Waals surface area contributed by atoms with Crippen LogP contribution >= 0.6 is 0 Å². The molecule has 0 atom stereocenters. The summed E-state index contributed by atoms with van der Waals surface area (Å²) in [6.07, 6.45) is 4.22. The Morgan fingerprint density at radius 1 is 1.06 bits per heavy atom. The average Bonchev–Trinajstić information content (AvgIpc) is 2.29. The molecule has 86 valence electrons. The van der Waals surface area contributed by atoms with E-state index in [9.17, 15) is 15.0 Å². The molecule has 0 aliphatic heterocycles. The number of carbonyl (C=O) groups is 1. The van der Waals surface area contributed by atoms with E-state index in [4.69, 9.17) is 0 Å². The Morgan fingerprint density at radius 3 is 2.24 bits per heavy atom. The van der Waals surface area contributed by atoms with Crippen molar-refractivity contribution < 1.29 is 15.0 Å². The van der Waals surface area contributed by atoms with Gasteiger partial charge in [-0.05, 0) is 12.1 Å². The Morgan fingerprint density at radius 2 is 1.65 bits per heavy atom. The molecule has 1 aromatic heterocycles. The summed E-state index contributed by atoms with van der Waals surface area (Å²) in [6.45, 7) is 0. The van der Waals surface area contributed by atoms with Crippen molar-refractivity contribution in [1.29, 1.82) is 0 Å². The summed E-state index contributed by atoms with van der Waals surface area (Å²) in [4.78, 5) is 19.2. The number of aromatic hydroxyl groups is 2. The number of nitrogens with one attached hydrogen (secondary N) is 1. The second-order valence-electron chi connectivity index (χ2n) is 3.32. The summed E-state index contributed by atoms with van der Waals surface area (Å²) < 4.78 is 0. The molecule has 2 rings (SSSR count). The van der Waals surface area contributed by atoms with Gasteiger partial charge in [-0.3, -0.25) is 4.79 Å². The summed E-state index contributed by atoms with van der Waals surface area (Å²) in [6, 6.07) is 3.64. The van der Waals surface area contributed by atoms with Gasteiger partial charge in [-0.1, -0.05) is 0 Å². The molecule has 1 heterocycles. The first-order chi connectivity index (χ1) is 8.15. The molecule has 6 heteroatoms. The van der Waals surface area contributed by atoms with Gasteiger partial charge < -0.3 is 15.5 Å². The average molecular weight is 231 g/mol. The second kappa shape index (κ2) is 4.48. The molecule has 0 fully saturated rings. The largest absolute Gasteiger partial charge is 0.508 e. The Balaban J connectivity index is 2.20. The molecule has 6 nitrogen and oxygen atoms in total. The zero-order chi connectivity index (χ0) is 12.3. The number of phenolic OH excluding ortho intramolecular Hbond substituents is 2. The fourth-order valence-corrected chi connectivity index (χ4v) is 1.29. The van der Waals surface area contributed by atoms with Gasteiger partial charge in [-0.2, -0.15) is 0 Å². The van der Waals surface area contributed by atoms with Gasteiger partial charge in [0, 0.05) is 11.6 Å². The van der Waals surface area contributed by atoms with Gasteiger partial charge in [0.1, 0.15) is 17.8 Å². The molecular formula is C11H9N3O3. The number of rotatable bonds is 2. The van der Waals surface area contributed by atoms with Crippen molar-refractivity contribution in [3.05, 3.63) is 42.5 Å². The lowest BCUT2D eigenvalue weighted by Crippen LogP contribution is -2.12. The van der Waals surface area contributed by atoms with Crippen LogP contribution in [0.4, 0.5) is 5.69 Å². The molecule has 0 aliphatic carbocycles. The number of hydrogen-bond acceptors (Lipinski definition) is 5. The number of hydrogen-bond donors (Lipinski definition) is 3. The lowest BCUT2D eigenvalue weighted by atomic mass is 10.2. The first-order valence-corrected chi connectivity index (χ1v) is 4.74. The molecule has 17 heavy (non-hydrogen) atoms. The third-order valence-electron chi connectivity index (χ3n) is 1.98. The summed E-state index contributed by atoms with van der Waals surface area (Å²) in [5.41, 5.74) is 0.576. The van der Waals surface area contributed by atoms with E-state index in [-0.39, 0.29) is 17.1 Å². The second-order valence-corrected chi connectivity index (χ2v) is 3.32. The van der Waals surface area contributed by atoms with E-state index in [1.165, 1.54) is 30.9 Å². The highest BCUT2D eigenvalue weighted by Crippen LogP contribution is 2.20. The van der Waals surface area contributed by atoms with E-state index in [1.54, 1.807) is 0 Å². The zero-order valence-corrected chi connectivity index (χ0v) is 8.66. The van der Waals surface area contributed by atoms with E-state index in [1.807, 2.05) is 0 Å². The van der Waals surface area contributed by atoms with Crippen molar-refractivity contribution in [2.45, 2.75) is 0 Å². The fraction of sp³-hybridized carbons (Fsp3) is 0. The molecule has 0 saturated carbocycles. The van der Waals surface area contributed by atoms with E-state index in [0.717, 1.165) is 6.07 Å². The highest BCUT2D eigenvalue weighted by Gasteiger charge is 2.08. The molecule has 1 aromatic carbocycles. The number of benzene rings is 1. The summed E-state index contributed by atoms with van der Waals surface area (Å²) in [5.74, 6) is -0.829. The molecule has 2 aromatic rings. The molecule has 0 bridgehead atoms.